The zero-order valence-electron chi connectivity index (χ0n) is 12.5. The van der Waals surface area contributed by atoms with E-state index in [0.29, 0.717) is 6.54 Å². The molecule has 0 heterocycles. The van der Waals surface area contributed by atoms with Crippen molar-refractivity contribution in [2.75, 3.05) is 7.11 Å². The molecule has 0 bridgehead atoms. The molecule has 0 atom stereocenters. The number of aliphatic hydroxyl groups is 1. The molecule has 0 aliphatic heterocycles. The molecule has 4 nitrogen and oxygen atoms in total. The highest BCUT2D eigenvalue weighted by atomic mass is 16.5. The van der Waals surface area contributed by atoms with E-state index in [1.807, 2.05) is 20.8 Å². The van der Waals surface area contributed by atoms with Crippen LogP contribution in [0.2, 0.25) is 0 Å². The molecule has 1 rings (SSSR count). The van der Waals surface area contributed by atoms with Gasteiger partial charge >= 0.3 is 0 Å². The summed E-state index contributed by atoms with van der Waals surface area (Å²) in [6.07, 6.45) is 0. The molecule has 19 heavy (non-hydrogen) atoms. The number of carbonyl (C=O) groups excluding carboxylic acids is 1. The first-order valence-electron chi connectivity index (χ1n) is 6.32. The summed E-state index contributed by atoms with van der Waals surface area (Å²) in [4.78, 5) is 11.7. The van der Waals surface area contributed by atoms with Gasteiger partial charge in [0.25, 0.3) is 5.91 Å². The third-order valence-electron chi connectivity index (χ3n) is 3.30. The fourth-order valence-corrected chi connectivity index (χ4v) is 1.99. The molecule has 0 aliphatic rings. The zero-order valence-corrected chi connectivity index (χ0v) is 12.5. The Balaban J connectivity index is 3.02. The highest BCUT2D eigenvalue weighted by Gasteiger charge is 2.24. The van der Waals surface area contributed by atoms with Crippen LogP contribution in [-0.2, 0) is 11.3 Å². The normalized spacial score (nSPS) is 11.3. The van der Waals surface area contributed by atoms with Gasteiger partial charge in [0.05, 0.1) is 7.11 Å². The van der Waals surface area contributed by atoms with Gasteiger partial charge in [0.15, 0.2) is 0 Å². The number of nitrogens with one attached hydrogen (secondary N) is 1. The van der Waals surface area contributed by atoms with Gasteiger partial charge in [-0.1, -0.05) is 6.07 Å². The molecule has 0 fully saturated rings. The Labute approximate surface area is 114 Å². The Morgan fingerprint density at radius 2 is 1.89 bits per heavy atom. The highest BCUT2D eigenvalue weighted by Crippen LogP contribution is 2.29. The van der Waals surface area contributed by atoms with E-state index in [9.17, 15) is 9.90 Å². The predicted molar refractivity (Wildman–Crippen MR) is 75.3 cm³/mol. The summed E-state index contributed by atoms with van der Waals surface area (Å²) in [7, 11) is 1.63. The molecule has 0 saturated heterocycles. The first-order chi connectivity index (χ1) is 8.68. The average Bonchev–Trinajstić information content (AvgIpc) is 2.30. The number of benzene rings is 1. The number of rotatable bonds is 4. The van der Waals surface area contributed by atoms with Crippen molar-refractivity contribution in [2.24, 2.45) is 0 Å². The molecule has 1 amide bonds. The van der Waals surface area contributed by atoms with Crippen molar-refractivity contribution < 1.29 is 14.6 Å². The second kappa shape index (κ2) is 5.61. The van der Waals surface area contributed by atoms with E-state index < -0.39 is 11.5 Å². The largest absolute Gasteiger partial charge is 0.496 e. The van der Waals surface area contributed by atoms with Gasteiger partial charge in [0.1, 0.15) is 11.4 Å². The lowest BCUT2D eigenvalue weighted by molar-refractivity contribution is -0.136. The fourth-order valence-electron chi connectivity index (χ4n) is 1.99. The van der Waals surface area contributed by atoms with Gasteiger partial charge in [-0.3, -0.25) is 4.79 Å². The van der Waals surface area contributed by atoms with Gasteiger partial charge in [-0.15, -0.1) is 0 Å². The molecule has 2 N–H and O–H groups in total. The molecule has 0 aliphatic carbocycles. The molecule has 0 saturated carbocycles. The number of ether oxygens (including phenoxy) is 1. The Hall–Kier alpha value is -1.55. The summed E-state index contributed by atoms with van der Waals surface area (Å²) >= 11 is 0. The number of aryl methyl sites for hydroxylation is 2. The van der Waals surface area contributed by atoms with Crippen LogP contribution in [0, 0.1) is 20.8 Å². The summed E-state index contributed by atoms with van der Waals surface area (Å²) in [5.74, 6) is 0.403. The maximum atomic E-state index is 11.7. The lowest BCUT2D eigenvalue weighted by atomic mass is 9.98. The Bertz CT molecular complexity index is 487. The van der Waals surface area contributed by atoms with E-state index in [1.165, 1.54) is 13.8 Å². The minimum Gasteiger partial charge on any atom is -0.496 e. The van der Waals surface area contributed by atoms with Crippen LogP contribution in [0.5, 0.6) is 5.75 Å². The van der Waals surface area contributed by atoms with Crippen molar-refractivity contribution in [1.82, 2.24) is 5.32 Å². The van der Waals surface area contributed by atoms with E-state index >= 15 is 0 Å². The second-order valence-corrected chi connectivity index (χ2v) is 5.39. The first-order valence-corrected chi connectivity index (χ1v) is 6.32. The van der Waals surface area contributed by atoms with Crippen LogP contribution >= 0.6 is 0 Å². The number of methoxy groups -OCH3 is 1. The lowest BCUT2D eigenvalue weighted by Crippen LogP contribution is -2.41. The molecule has 0 radical (unpaired) electrons. The van der Waals surface area contributed by atoms with E-state index in [0.717, 1.165) is 28.0 Å². The van der Waals surface area contributed by atoms with Crippen LogP contribution in [0.15, 0.2) is 6.07 Å². The van der Waals surface area contributed by atoms with Gasteiger partial charge in [0, 0.05) is 12.1 Å². The standard InChI is InChI=1S/C15H23NO3/c1-9-7-10(2)12(13(19-6)11(9)3)8-16-14(17)15(4,5)18/h7,18H,8H2,1-6H3,(H,16,17). The summed E-state index contributed by atoms with van der Waals surface area (Å²) in [6.45, 7) is 9.29. The summed E-state index contributed by atoms with van der Waals surface area (Å²) in [5.41, 5.74) is 2.87. The first kappa shape index (κ1) is 15.5. The fraction of sp³-hybridized carbons (Fsp3) is 0.533. The van der Waals surface area contributed by atoms with Crippen molar-refractivity contribution in [2.45, 2.75) is 46.8 Å². The van der Waals surface area contributed by atoms with Crippen LogP contribution in [0.3, 0.4) is 0 Å². The van der Waals surface area contributed by atoms with Gasteiger partial charge in [-0.05, 0) is 51.3 Å². The Morgan fingerprint density at radius 1 is 1.32 bits per heavy atom. The van der Waals surface area contributed by atoms with Crippen molar-refractivity contribution in [3.05, 3.63) is 28.3 Å². The predicted octanol–water partition coefficient (Wildman–Crippen LogP) is 2.01. The molecule has 0 aromatic heterocycles. The second-order valence-electron chi connectivity index (χ2n) is 5.39. The molecular formula is C15H23NO3. The van der Waals surface area contributed by atoms with Crippen LogP contribution in [-0.4, -0.2) is 23.7 Å². The number of carbonyl (C=O) groups is 1. The summed E-state index contributed by atoms with van der Waals surface area (Å²) in [5, 5.41) is 12.3. The summed E-state index contributed by atoms with van der Waals surface area (Å²) < 4.78 is 5.44. The van der Waals surface area contributed by atoms with Crippen molar-refractivity contribution >= 4 is 5.91 Å². The topological polar surface area (TPSA) is 58.6 Å². The molecule has 1 aromatic carbocycles. The molecule has 106 valence electrons. The van der Waals surface area contributed by atoms with Crippen molar-refractivity contribution in [3.63, 3.8) is 0 Å². The summed E-state index contributed by atoms with van der Waals surface area (Å²) in [6, 6.07) is 2.07. The van der Waals surface area contributed by atoms with Gasteiger partial charge in [-0.2, -0.15) is 0 Å². The van der Waals surface area contributed by atoms with Gasteiger partial charge in [-0.25, -0.2) is 0 Å². The van der Waals surface area contributed by atoms with Crippen LogP contribution in [0.25, 0.3) is 0 Å². The monoisotopic (exact) mass is 265 g/mol. The minimum absolute atomic E-state index is 0.346. The van der Waals surface area contributed by atoms with E-state index in [2.05, 4.69) is 11.4 Å². The Morgan fingerprint density at radius 3 is 2.37 bits per heavy atom. The van der Waals surface area contributed by atoms with E-state index in [1.54, 1.807) is 7.11 Å². The van der Waals surface area contributed by atoms with Crippen LogP contribution in [0.1, 0.15) is 36.1 Å². The molecule has 0 spiro atoms. The highest BCUT2D eigenvalue weighted by molar-refractivity contribution is 5.83. The smallest absolute Gasteiger partial charge is 0.251 e. The van der Waals surface area contributed by atoms with Crippen LogP contribution < -0.4 is 10.1 Å². The van der Waals surface area contributed by atoms with E-state index in [-0.39, 0.29) is 0 Å². The van der Waals surface area contributed by atoms with Crippen LogP contribution in [0.4, 0.5) is 0 Å². The van der Waals surface area contributed by atoms with Crippen molar-refractivity contribution in [3.8, 4) is 5.75 Å². The third-order valence-corrected chi connectivity index (χ3v) is 3.30. The number of amides is 1. The molecule has 1 aromatic rings. The maximum Gasteiger partial charge on any atom is 0.251 e. The van der Waals surface area contributed by atoms with Gasteiger partial charge < -0.3 is 15.2 Å². The average molecular weight is 265 g/mol. The molecule has 4 heteroatoms. The van der Waals surface area contributed by atoms with Crippen molar-refractivity contribution in [1.29, 1.82) is 0 Å². The molecule has 0 unspecified atom stereocenters. The molecular weight excluding hydrogens is 242 g/mol. The Kier molecular flexibility index (Phi) is 4.58. The maximum absolute atomic E-state index is 11.7. The lowest BCUT2D eigenvalue weighted by Gasteiger charge is -2.20. The third kappa shape index (κ3) is 3.47. The minimum atomic E-state index is -1.37. The quantitative estimate of drug-likeness (QED) is 0.875. The number of hydrogen-bond donors (Lipinski definition) is 2. The van der Waals surface area contributed by atoms with E-state index in [4.69, 9.17) is 4.74 Å². The zero-order chi connectivity index (χ0) is 14.8. The SMILES string of the molecule is COc1c(C)c(C)cc(C)c1CNC(=O)C(C)(C)O. The number of hydrogen-bond acceptors (Lipinski definition) is 3. The van der Waals surface area contributed by atoms with Gasteiger partial charge in [0.2, 0.25) is 0 Å².